The Kier molecular flexibility index (Phi) is 2.42. The number of rotatable bonds is 2. The van der Waals surface area contributed by atoms with Crippen LogP contribution in [-0.2, 0) is 0 Å². The molecule has 1 N–H and O–H groups in total. The van der Waals surface area contributed by atoms with Crippen molar-refractivity contribution in [3.63, 3.8) is 0 Å². The molecule has 5 nitrogen and oxygen atoms in total. The molecule has 2 aromatic rings. The zero-order chi connectivity index (χ0) is 10.8. The number of aromatic carboxylic acids is 1. The summed E-state index contributed by atoms with van der Waals surface area (Å²) in [7, 11) is 0. The minimum atomic E-state index is -1.03. The molecule has 2 rings (SSSR count). The number of nitrogens with zero attached hydrogens (tertiary/aromatic N) is 3. The van der Waals surface area contributed by atoms with Crippen LogP contribution in [0.5, 0.6) is 0 Å². The van der Waals surface area contributed by atoms with Crippen LogP contribution < -0.4 is 0 Å². The Morgan fingerprint density at radius 2 is 2.20 bits per heavy atom. The number of carbonyl (C=O) groups is 1. The average Bonchev–Trinajstić information content (AvgIpc) is 2.68. The number of hydrogen-bond acceptors (Lipinski definition) is 5. The highest BCUT2D eigenvalue weighted by Crippen LogP contribution is 2.20. The molecule has 15 heavy (non-hydrogen) atoms. The van der Waals surface area contributed by atoms with Crippen molar-refractivity contribution in [2.24, 2.45) is 0 Å². The lowest BCUT2D eigenvalue weighted by Gasteiger charge is -1.94. The largest absolute Gasteiger partial charge is 0.476 e. The Bertz CT molecular complexity index is 492. The average molecular weight is 221 g/mol. The third-order valence-corrected chi connectivity index (χ3v) is 2.59. The predicted octanol–water partition coefficient (Wildman–Crippen LogP) is 1.61. The Morgan fingerprint density at radius 3 is 2.73 bits per heavy atom. The molecule has 0 aromatic carbocycles. The van der Waals surface area contributed by atoms with Crippen molar-refractivity contribution in [2.45, 2.75) is 6.92 Å². The van der Waals surface area contributed by atoms with Crippen LogP contribution in [0.4, 0.5) is 0 Å². The van der Waals surface area contributed by atoms with E-state index in [0.717, 1.165) is 5.69 Å². The summed E-state index contributed by atoms with van der Waals surface area (Å²) in [6.45, 7) is 1.83. The second-order valence-electron chi connectivity index (χ2n) is 2.89. The van der Waals surface area contributed by atoms with E-state index < -0.39 is 5.97 Å². The van der Waals surface area contributed by atoms with Gasteiger partial charge < -0.3 is 5.11 Å². The van der Waals surface area contributed by atoms with Crippen molar-refractivity contribution in [3.8, 4) is 10.7 Å². The fraction of sp³-hybridized carbons (Fsp3) is 0.111. The molecule has 2 aromatic heterocycles. The summed E-state index contributed by atoms with van der Waals surface area (Å²) in [6.07, 6.45) is 3.21. The first-order valence-corrected chi connectivity index (χ1v) is 5.02. The highest BCUT2D eigenvalue weighted by atomic mass is 32.1. The zero-order valence-corrected chi connectivity index (χ0v) is 8.65. The smallest absolute Gasteiger partial charge is 0.355 e. The molecule has 0 aliphatic carbocycles. The first-order valence-electron chi connectivity index (χ1n) is 4.14. The molecule has 0 aliphatic rings. The van der Waals surface area contributed by atoms with Gasteiger partial charge in [-0.3, -0.25) is 9.97 Å². The first-order chi connectivity index (χ1) is 7.16. The maximum atomic E-state index is 10.6. The molecule has 0 radical (unpaired) electrons. The molecule has 76 valence electrons. The van der Waals surface area contributed by atoms with Gasteiger partial charge >= 0.3 is 5.97 Å². The van der Waals surface area contributed by atoms with Crippen molar-refractivity contribution in [1.82, 2.24) is 15.0 Å². The monoisotopic (exact) mass is 221 g/mol. The van der Waals surface area contributed by atoms with Gasteiger partial charge in [-0.1, -0.05) is 0 Å². The fourth-order valence-corrected chi connectivity index (χ4v) is 1.75. The third-order valence-electron chi connectivity index (χ3n) is 1.72. The molecule has 0 spiro atoms. The topological polar surface area (TPSA) is 76.0 Å². The summed E-state index contributed by atoms with van der Waals surface area (Å²) in [5.41, 5.74) is 1.45. The van der Waals surface area contributed by atoms with Crippen LogP contribution in [0.2, 0.25) is 0 Å². The van der Waals surface area contributed by atoms with Gasteiger partial charge in [0.25, 0.3) is 0 Å². The minimum absolute atomic E-state index is 0.0392. The van der Waals surface area contributed by atoms with E-state index in [1.165, 1.54) is 16.7 Å². The molecular weight excluding hydrogens is 214 g/mol. The lowest BCUT2D eigenvalue weighted by atomic mass is 10.4. The summed E-state index contributed by atoms with van der Waals surface area (Å²) >= 11 is 1.24. The molecule has 6 heteroatoms. The minimum Gasteiger partial charge on any atom is -0.476 e. The van der Waals surface area contributed by atoms with Crippen molar-refractivity contribution in [3.05, 3.63) is 29.2 Å². The molecule has 2 heterocycles. The number of carboxylic acids is 1. The normalized spacial score (nSPS) is 10.2. The standard InChI is InChI=1S/C9H7N3O2S/c1-5-2-11-6(3-10-5)8-12-7(4-15-8)9(13)14/h2-4H,1H3,(H,13,14). The summed E-state index contributed by atoms with van der Waals surface area (Å²) in [4.78, 5) is 22.7. The van der Waals surface area contributed by atoms with E-state index in [1.807, 2.05) is 6.92 Å². The van der Waals surface area contributed by atoms with Gasteiger partial charge in [0.15, 0.2) is 5.69 Å². The molecule has 0 unspecified atom stereocenters. The lowest BCUT2D eigenvalue weighted by Crippen LogP contribution is -1.96. The van der Waals surface area contributed by atoms with E-state index in [1.54, 1.807) is 12.4 Å². The lowest BCUT2D eigenvalue weighted by molar-refractivity contribution is 0.0691. The number of hydrogen-bond donors (Lipinski definition) is 1. The number of aromatic nitrogens is 3. The predicted molar refractivity (Wildman–Crippen MR) is 54.8 cm³/mol. The van der Waals surface area contributed by atoms with Crippen LogP contribution >= 0.6 is 11.3 Å². The van der Waals surface area contributed by atoms with Gasteiger partial charge in [0.2, 0.25) is 0 Å². The van der Waals surface area contributed by atoms with Gasteiger partial charge in [-0.2, -0.15) is 0 Å². The van der Waals surface area contributed by atoms with E-state index >= 15 is 0 Å². The van der Waals surface area contributed by atoms with Gasteiger partial charge in [0, 0.05) is 11.6 Å². The fourth-order valence-electron chi connectivity index (χ4n) is 0.993. The van der Waals surface area contributed by atoms with Crippen LogP contribution in [0.25, 0.3) is 10.7 Å². The zero-order valence-electron chi connectivity index (χ0n) is 7.84. The van der Waals surface area contributed by atoms with E-state index in [-0.39, 0.29) is 5.69 Å². The Morgan fingerprint density at radius 1 is 1.40 bits per heavy atom. The van der Waals surface area contributed by atoms with Gasteiger partial charge in [-0.15, -0.1) is 11.3 Å². The second kappa shape index (κ2) is 3.74. The second-order valence-corrected chi connectivity index (χ2v) is 3.74. The molecule has 0 aliphatic heterocycles. The van der Waals surface area contributed by atoms with Gasteiger partial charge in [-0.25, -0.2) is 9.78 Å². The summed E-state index contributed by atoms with van der Waals surface area (Å²) in [5.74, 6) is -1.03. The molecule has 0 fully saturated rings. The number of carboxylic acid groups (broad SMARTS) is 1. The highest BCUT2D eigenvalue weighted by molar-refractivity contribution is 7.13. The van der Waals surface area contributed by atoms with Crippen molar-refractivity contribution in [2.75, 3.05) is 0 Å². The van der Waals surface area contributed by atoms with Crippen molar-refractivity contribution in [1.29, 1.82) is 0 Å². The molecule has 0 bridgehead atoms. The van der Waals surface area contributed by atoms with Crippen molar-refractivity contribution >= 4 is 17.3 Å². The summed E-state index contributed by atoms with van der Waals surface area (Å²) in [6, 6.07) is 0. The summed E-state index contributed by atoms with van der Waals surface area (Å²) < 4.78 is 0. The number of thiazole rings is 1. The van der Waals surface area contributed by atoms with Gasteiger partial charge in [0.1, 0.15) is 10.7 Å². The molecular formula is C9H7N3O2S. The van der Waals surface area contributed by atoms with Gasteiger partial charge in [-0.05, 0) is 6.92 Å². The number of aryl methyl sites for hydroxylation is 1. The summed E-state index contributed by atoms with van der Waals surface area (Å²) in [5, 5.41) is 10.8. The third kappa shape index (κ3) is 1.99. The van der Waals surface area contributed by atoms with Crippen LogP contribution in [0, 0.1) is 6.92 Å². The van der Waals surface area contributed by atoms with Crippen molar-refractivity contribution < 1.29 is 9.90 Å². The highest BCUT2D eigenvalue weighted by Gasteiger charge is 2.10. The maximum Gasteiger partial charge on any atom is 0.355 e. The van der Waals surface area contributed by atoms with Gasteiger partial charge in [0.05, 0.1) is 11.9 Å². The Balaban J connectivity index is 2.37. The van der Waals surface area contributed by atoms with E-state index in [0.29, 0.717) is 10.7 Å². The maximum absolute atomic E-state index is 10.6. The molecule has 0 saturated heterocycles. The van der Waals surface area contributed by atoms with E-state index in [4.69, 9.17) is 5.11 Å². The van der Waals surface area contributed by atoms with Crippen LogP contribution in [0.1, 0.15) is 16.2 Å². The quantitative estimate of drug-likeness (QED) is 0.833. The first kappa shape index (κ1) is 9.72. The molecule has 0 atom stereocenters. The van der Waals surface area contributed by atoms with Crippen LogP contribution in [-0.4, -0.2) is 26.0 Å². The van der Waals surface area contributed by atoms with Crippen LogP contribution in [0.15, 0.2) is 17.8 Å². The Labute approximate surface area is 89.5 Å². The van der Waals surface area contributed by atoms with E-state index in [2.05, 4.69) is 15.0 Å². The SMILES string of the molecule is Cc1cnc(-c2nc(C(=O)O)cs2)cn1. The van der Waals surface area contributed by atoms with E-state index in [9.17, 15) is 4.79 Å². The molecule has 0 saturated carbocycles. The molecule has 0 amide bonds. The Hall–Kier alpha value is -1.82. The van der Waals surface area contributed by atoms with Crippen LogP contribution in [0.3, 0.4) is 0 Å².